The Morgan fingerprint density at radius 3 is 2.79 bits per heavy atom. The summed E-state index contributed by atoms with van der Waals surface area (Å²) in [7, 11) is 0. The van der Waals surface area contributed by atoms with Gasteiger partial charge in [0.15, 0.2) is 5.58 Å². The number of hydrogen-bond donors (Lipinski definition) is 1. The zero-order valence-electron chi connectivity index (χ0n) is 12.2. The van der Waals surface area contributed by atoms with Gasteiger partial charge in [0.25, 0.3) is 0 Å². The fraction of sp³-hybridized carbons (Fsp3) is 0.125. The number of alkyl halides is 2. The molecule has 1 N–H and O–H groups in total. The van der Waals surface area contributed by atoms with Gasteiger partial charge in [-0.2, -0.15) is 8.78 Å². The van der Waals surface area contributed by atoms with Crippen molar-refractivity contribution in [3.05, 3.63) is 45.9 Å². The molecule has 0 amide bonds. The Balaban J connectivity index is 2.17. The van der Waals surface area contributed by atoms with Crippen LogP contribution in [0.5, 0.6) is 5.75 Å². The first-order valence-corrected chi connectivity index (χ1v) is 7.54. The average molecular weight is 398 g/mol. The van der Waals surface area contributed by atoms with E-state index in [1.165, 1.54) is 0 Å². The molecule has 0 saturated carbocycles. The number of aromatic nitrogens is 1. The SMILES string of the molecule is Cc1c(Br)cccc1-c1nc2cc(C(=O)O)c(OC(F)F)cc2o1. The van der Waals surface area contributed by atoms with Crippen molar-refractivity contribution in [2.75, 3.05) is 0 Å². The monoisotopic (exact) mass is 397 g/mol. The van der Waals surface area contributed by atoms with Crippen LogP contribution in [-0.4, -0.2) is 22.7 Å². The van der Waals surface area contributed by atoms with Crippen LogP contribution in [0.15, 0.2) is 39.2 Å². The lowest BCUT2D eigenvalue weighted by Crippen LogP contribution is -2.07. The molecule has 1 aromatic heterocycles. The number of oxazole rings is 1. The number of carbonyl (C=O) groups is 1. The molecule has 1 heterocycles. The summed E-state index contributed by atoms with van der Waals surface area (Å²) >= 11 is 3.41. The molecule has 3 aromatic rings. The molecular weight excluding hydrogens is 388 g/mol. The van der Waals surface area contributed by atoms with E-state index in [4.69, 9.17) is 9.52 Å². The minimum Gasteiger partial charge on any atom is -0.478 e. The molecule has 2 aromatic carbocycles. The van der Waals surface area contributed by atoms with Gasteiger partial charge in [-0.15, -0.1) is 0 Å². The maximum atomic E-state index is 12.5. The highest BCUT2D eigenvalue weighted by atomic mass is 79.9. The van der Waals surface area contributed by atoms with Crippen molar-refractivity contribution >= 4 is 33.0 Å². The van der Waals surface area contributed by atoms with E-state index in [1.807, 2.05) is 13.0 Å². The Labute approximate surface area is 143 Å². The predicted molar refractivity (Wildman–Crippen MR) is 85.5 cm³/mol. The van der Waals surface area contributed by atoms with Crippen molar-refractivity contribution in [1.29, 1.82) is 0 Å². The number of halogens is 3. The molecule has 124 valence electrons. The number of carboxylic acids is 1. The number of fused-ring (bicyclic) bond motifs is 1. The Bertz CT molecular complexity index is 939. The van der Waals surface area contributed by atoms with Gasteiger partial charge in [-0.3, -0.25) is 0 Å². The molecule has 0 fully saturated rings. The fourth-order valence-corrected chi connectivity index (χ4v) is 2.64. The number of aromatic carboxylic acids is 1. The second-order valence-electron chi connectivity index (χ2n) is 4.93. The summed E-state index contributed by atoms with van der Waals surface area (Å²) in [4.78, 5) is 15.5. The minimum absolute atomic E-state index is 0.157. The smallest absolute Gasteiger partial charge is 0.387 e. The molecule has 0 aliphatic rings. The highest BCUT2D eigenvalue weighted by Gasteiger charge is 2.20. The Morgan fingerprint density at radius 1 is 1.38 bits per heavy atom. The second kappa shape index (κ2) is 6.20. The highest BCUT2D eigenvalue weighted by molar-refractivity contribution is 9.10. The molecule has 24 heavy (non-hydrogen) atoms. The summed E-state index contributed by atoms with van der Waals surface area (Å²) in [6.07, 6.45) is 0. The minimum atomic E-state index is -3.14. The zero-order valence-corrected chi connectivity index (χ0v) is 13.8. The molecule has 0 radical (unpaired) electrons. The van der Waals surface area contributed by atoms with Crippen molar-refractivity contribution in [2.45, 2.75) is 13.5 Å². The summed E-state index contributed by atoms with van der Waals surface area (Å²) in [6.45, 7) is -1.28. The van der Waals surface area contributed by atoms with Gasteiger partial charge in [0.1, 0.15) is 16.8 Å². The molecule has 5 nitrogen and oxygen atoms in total. The Kier molecular flexibility index (Phi) is 4.23. The van der Waals surface area contributed by atoms with Crippen LogP contribution in [0.3, 0.4) is 0 Å². The summed E-state index contributed by atoms with van der Waals surface area (Å²) in [5, 5.41) is 9.15. The van der Waals surface area contributed by atoms with Crippen molar-refractivity contribution in [3.8, 4) is 17.2 Å². The zero-order chi connectivity index (χ0) is 17.4. The van der Waals surface area contributed by atoms with E-state index < -0.39 is 23.9 Å². The van der Waals surface area contributed by atoms with Gasteiger partial charge in [0.2, 0.25) is 5.89 Å². The van der Waals surface area contributed by atoms with Crippen LogP contribution in [-0.2, 0) is 0 Å². The van der Waals surface area contributed by atoms with E-state index in [1.54, 1.807) is 12.1 Å². The first-order chi connectivity index (χ1) is 11.4. The van der Waals surface area contributed by atoms with Crippen molar-refractivity contribution < 1.29 is 27.8 Å². The number of carboxylic acid groups (broad SMARTS) is 1. The Morgan fingerprint density at radius 2 is 2.12 bits per heavy atom. The predicted octanol–water partition coefficient (Wildman–Crippen LogP) is 4.87. The number of rotatable bonds is 4. The number of benzene rings is 2. The van der Waals surface area contributed by atoms with E-state index >= 15 is 0 Å². The third-order valence-corrected chi connectivity index (χ3v) is 4.29. The largest absolute Gasteiger partial charge is 0.478 e. The van der Waals surface area contributed by atoms with E-state index in [0.29, 0.717) is 5.56 Å². The van der Waals surface area contributed by atoms with Crippen LogP contribution in [0.2, 0.25) is 0 Å². The standard InChI is InChI=1S/C16H10BrF2NO4/c1-7-8(3-2-4-10(7)17)14-20-11-5-9(15(21)22)12(24-16(18)19)6-13(11)23-14/h2-6,16H,1H3,(H,21,22). The van der Waals surface area contributed by atoms with Crippen LogP contribution in [0, 0.1) is 6.92 Å². The van der Waals surface area contributed by atoms with Crippen LogP contribution in [0.1, 0.15) is 15.9 Å². The molecule has 0 bridgehead atoms. The number of nitrogens with zero attached hydrogens (tertiary/aromatic N) is 1. The molecule has 0 saturated heterocycles. The van der Waals surface area contributed by atoms with Gasteiger partial charge >= 0.3 is 12.6 Å². The topological polar surface area (TPSA) is 72.6 Å². The fourth-order valence-electron chi connectivity index (χ4n) is 2.27. The third kappa shape index (κ3) is 2.96. The lowest BCUT2D eigenvalue weighted by molar-refractivity contribution is -0.0502. The van der Waals surface area contributed by atoms with Gasteiger partial charge in [-0.25, -0.2) is 9.78 Å². The third-order valence-electron chi connectivity index (χ3n) is 3.43. The summed E-state index contributed by atoms with van der Waals surface area (Å²) in [6, 6.07) is 7.71. The molecule has 0 aliphatic carbocycles. The molecular formula is C16H10BrF2NO4. The van der Waals surface area contributed by atoms with Crippen molar-refractivity contribution in [2.24, 2.45) is 0 Å². The van der Waals surface area contributed by atoms with Gasteiger partial charge in [0.05, 0.1) is 0 Å². The summed E-state index contributed by atoms with van der Waals surface area (Å²) in [5.41, 5.74) is 1.57. The van der Waals surface area contributed by atoms with Crippen LogP contribution in [0.4, 0.5) is 8.78 Å². The van der Waals surface area contributed by atoms with Crippen LogP contribution in [0.25, 0.3) is 22.6 Å². The molecule has 0 aliphatic heterocycles. The quantitative estimate of drug-likeness (QED) is 0.679. The van der Waals surface area contributed by atoms with Crippen LogP contribution >= 0.6 is 15.9 Å². The molecule has 0 spiro atoms. The number of hydrogen-bond acceptors (Lipinski definition) is 4. The van der Waals surface area contributed by atoms with Gasteiger partial charge in [-0.05, 0) is 30.7 Å². The van der Waals surface area contributed by atoms with E-state index in [0.717, 1.165) is 22.2 Å². The van der Waals surface area contributed by atoms with Gasteiger partial charge in [-0.1, -0.05) is 22.0 Å². The maximum absolute atomic E-state index is 12.5. The van der Waals surface area contributed by atoms with E-state index in [-0.39, 0.29) is 17.0 Å². The molecule has 0 unspecified atom stereocenters. The van der Waals surface area contributed by atoms with Crippen molar-refractivity contribution in [3.63, 3.8) is 0 Å². The van der Waals surface area contributed by atoms with E-state index in [9.17, 15) is 13.6 Å². The molecule has 0 atom stereocenters. The van der Waals surface area contributed by atoms with Crippen molar-refractivity contribution in [1.82, 2.24) is 4.98 Å². The van der Waals surface area contributed by atoms with E-state index in [2.05, 4.69) is 25.7 Å². The van der Waals surface area contributed by atoms with Gasteiger partial charge in [0, 0.05) is 16.1 Å². The Hall–Kier alpha value is -2.48. The summed E-state index contributed by atoms with van der Waals surface area (Å²) in [5.74, 6) is -1.61. The first kappa shape index (κ1) is 16.4. The van der Waals surface area contributed by atoms with Gasteiger partial charge < -0.3 is 14.3 Å². The first-order valence-electron chi connectivity index (χ1n) is 6.75. The average Bonchev–Trinajstić information content (AvgIpc) is 2.91. The second-order valence-corrected chi connectivity index (χ2v) is 5.79. The lowest BCUT2D eigenvalue weighted by Gasteiger charge is -2.06. The number of ether oxygens (including phenoxy) is 1. The lowest BCUT2D eigenvalue weighted by atomic mass is 10.1. The molecule has 8 heteroatoms. The summed E-state index contributed by atoms with van der Waals surface area (Å²) < 4.78 is 35.6. The molecule has 3 rings (SSSR count). The maximum Gasteiger partial charge on any atom is 0.387 e. The highest BCUT2D eigenvalue weighted by Crippen LogP contribution is 2.33. The van der Waals surface area contributed by atoms with Crippen LogP contribution < -0.4 is 4.74 Å². The normalized spacial score (nSPS) is 11.2.